The summed E-state index contributed by atoms with van der Waals surface area (Å²) in [6.45, 7) is 7.35. The van der Waals surface area contributed by atoms with Crippen LogP contribution in [0.15, 0.2) is 0 Å². The summed E-state index contributed by atoms with van der Waals surface area (Å²) in [6.07, 6.45) is -0.800. The van der Waals surface area contributed by atoms with Crippen molar-refractivity contribution >= 4 is 0 Å². The lowest BCUT2D eigenvalue weighted by Crippen LogP contribution is -2.55. The maximum atomic E-state index is 12.8. The summed E-state index contributed by atoms with van der Waals surface area (Å²) in [5.74, 6) is 0.0555. The Balaban J connectivity index is 1.79. The molecule has 1 N–H and O–H groups in total. The van der Waals surface area contributed by atoms with Crippen molar-refractivity contribution in [2.24, 2.45) is 17.8 Å². The van der Waals surface area contributed by atoms with E-state index in [0.717, 1.165) is 32.5 Å². The van der Waals surface area contributed by atoms with Gasteiger partial charge in [-0.15, -0.1) is 0 Å². The van der Waals surface area contributed by atoms with Gasteiger partial charge in [0.15, 0.2) is 0 Å². The van der Waals surface area contributed by atoms with E-state index in [0.29, 0.717) is 30.7 Å². The van der Waals surface area contributed by atoms with Crippen LogP contribution in [0.4, 0.5) is 13.2 Å². The molecule has 0 radical (unpaired) electrons. The van der Waals surface area contributed by atoms with Crippen molar-refractivity contribution in [2.75, 3.05) is 26.2 Å². The van der Waals surface area contributed by atoms with Gasteiger partial charge < -0.3 is 5.32 Å². The highest BCUT2D eigenvalue weighted by molar-refractivity contribution is 4.93. The first kappa shape index (κ1) is 16.1. The molecular formula is C15H27F3N2. The molecule has 0 bridgehead atoms. The fraction of sp³-hybridized carbons (Fsp3) is 1.00. The van der Waals surface area contributed by atoms with E-state index in [1.807, 2.05) is 0 Å². The van der Waals surface area contributed by atoms with Crippen LogP contribution >= 0.6 is 0 Å². The second-order valence-electron chi connectivity index (χ2n) is 6.83. The van der Waals surface area contributed by atoms with E-state index in [1.54, 1.807) is 0 Å². The number of nitrogens with zero attached hydrogens (tertiary/aromatic N) is 1. The normalized spacial score (nSPS) is 32.4. The number of piperidine rings is 1. The SMILES string of the molecule is CC(C)CNCC1CCC1N1CCCC(C(F)(F)F)C1. The summed E-state index contributed by atoms with van der Waals surface area (Å²) in [6, 6.07) is 0.375. The van der Waals surface area contributed by atoms with Crippen LogP contribution in [0.1, 0.15) is 39.5 Å². The summed E-state index contributed by atoms with van der Waals surface area (Å²) in [7, 11) is 0. The number of rotatable bonds is 5. The molecule has 2 nitrogen and oxygen atoms in total. The quantitative estimate of drug-likeness (QED) is 0.836. The van der Waals surface area contributed by atoms with Crippen LogP contribution in [0.5, 0.6) is 0 Å². The van der Waals surface area contributed by atoms with E-state index in [2.05, 4.69) is 24.1 Å². The maximum absolute atomic E-state index is 12.8. The van der Waals surface area contributed by atoms with Crippen molar-refractivity contribution in [1.29, 1.82) is 0 Å². The molecule has 2 fully saturated rings. The van der Waals surface area contributed by atoms with Gasteiger partial charge in [-0.3, -0.25) is 4.90 Å². The smallest absolute Gasteiger partial charge is 0.316 e. The molecule has 1 saturated carbocycles. The van der Waals surface area contributed by atoms with Crippen molar-refractivity contribution in [3.8, 4) is 0 Å². The van der Waals surface area contributed by atoms with Crippen molar-refractivity contribution < 1.29 is 13.2 Å². The molecule has 2 rings (SSSR count). The Morgan fingerprint density at radius 2 is 1.95 bits per heavy atom. The molecule has 5 heteroatoms. The zero-order valence-corrected chi connectivity index (χ0v) is 12.5. The van der Waals surface area contributed by atoms with E-state index in [4.69, 9.17) is 0 Å². The Labute approximate surface area is 120 Å². The second-order valence-corrected chi connectivity index (χ2v) is 6.83. The van der Waals surface area contributed by atoms with E-state index in [-0.39, 0.29) is 6.54 Å². The summed E-state index contributed by atoms with van der Waals surface area (Å²) >= 11 is 0. The minimum absolute atomic E-state index is 0.217. The maximum Gasteiger partial charge on any atom is 0.393 e. The van der Waals surface area contributed by atoms with Gasteiger partial charge in [0.25, 0.3) is 0 Å². The Morgan fingerprint density at radius 1 is 1.20 bits per heavy atom. The zero-order valence-electron chi connectivity index (χ0n) is 12.5. The van der Waals surface area contributed by atoms with E-state index in [1.165, 1.54) is 0 Å². The monoisotopic (exact) mass is 292 g/mol. The third-order valence-corrected chi connectivity index (χ3v) is 4.72. The predicted octanol–water partition coefficient (Wildman–Crippen LogP) is 3.28. The van der Waals surface area contributed by atoms with Crippen LogP contribution in [0, 0.1) is 17.8 Å². The molecule has 1 aliphatic heterocycles. The highest BCUT2D eigenvalue weighted by Crippen LogP contribution is 2.38. The molecule has 3 atom stereocenters. The van der Waals surface area contributed by atoms with Crippen molar-refractivity contribution in [2.45, 2.75) is 51.7 Å². The molecule has 0 aromatic carbocycles. The molecule has 1 heterocycles. The fourth-order valence-electron chi connectivity index (χ4n) is 3.40. The van der Waals surface area contributed by atoms with Gasteiger partial charge in [0.1, 0.15) is 0 Å². The molecule has 118 valence electrons. The average molecular weight is 292 g/mol. The lowest BCUT2D eigenvalue weighted by Gasteiger charge is -2.48. The van der Waals surface area contributed by atoms with Crippen LogP contribution < -0.4 is 5.32 Å². The zero-order chi connectivity index (χ0) is 14.8. The summed E-state index contributed by atoms with van der Waals surface area (Å²) < 4.78 is 38.5. The van der Waals surface area contributed by atoms with Gasteiger partial charge >= 0.3 is 6.18 Å². The Bertz CT molecular complexity index is 304. The fourth-order valence-corrected chi connectivity index (χ4v) is 3.40. The molecule has 3 unspecified atom stereocenters. The van der Waals surface area contributed by atoms with Gasteiger partial charge in [0.2, 0.25) is 0 Å². The van der Waals surface area contributed by atoms with E-state index < -0.39 is 12.1 Å². The predicted molar refractivity (Wildman–Crippen MR) is 74.6 cm³/mol. The molecule has 20 heavy (non-hydrogen) atoms. The number of halogens is 3. The molecule has 0 spiro atoms. The average Bonchev–Trinajstić information content (AvgIpc) is 2.32. The van der Waals surface area contributed by atoms with E-state index >= 15 is 0 Å². The molecule has 1 aliphatic carbocycles. The number of nitrogens with one attached hydrogen (secondary N) is 1. The first-order valence-corrected chi connectivity index (χ1v) is 7.89. The van der Waals surface area contributed by atoms with Gasteiger partial charge in [-0.05, 0) is 57.2 Å². The summed E-state index contributed by atoms with van der Waals surface area (Å²) in [4.78, 5) is 2.10. The Morgan fingerprint density at radius 3 is 2.50 bits per heavy atom. The van der Waals surface area contributed by atoms with Gasteiger partial charge in [-0.2, -0.15) is 13.2 Å². The van der Waals surface area contributed by atoms with Gasteiger partial charge in [-0.25, -0.2) is 0 Å². The molecule has 1 saturated heterocycles. The molecule has 2 aliphatic rings. The van der Waals surface area contributed by atoms with E-state index in [9.17, 15) is 13.2 Å². The first-order valence-electron chi connectivity index (χ1n) is 7.89. The summed E-state index contributed by atoms with van der Waals surface area (Å²) in [5.41, 5.74) is 0. The molecular weight excluding hydrogens is 265 g/mol. The lowest BCUT2D eigenvalue weighted by atomic mass is 9.77. The van der Waals surface area contributed by atoms with Crippen LogP contribution in [0.3, 0.4) is 0 Å². The third kappa shape index (κ3) is 4.10. The minimum atomic E-state index is -4.02. The van der Waals surface area contributed by atoms with Gasteiger partial charge in [-0.1, -0.05) is 13.8 Å². The lowest BCUT2D eigenvalue weighted by molar-refractivity contribution is -0.191. The minimum Gasteiger partial charge on any atom is -0.316 e. The van der Waals surface area contributed by atoms with Crippen LogP contribution in [0.25, 0.3) is 0 Å². The molecule has 0 aromatic heterocycles. The van der Waals surface area contributed by atoms with Gasteiger partial charge in [0, 0.05) is 12.6 Å². The first-order chi connectivity index (χ1) is 9.38. The Kier molecular flexibility index (Phi) is 5.35. The van der Waals surface area contributed by atoms with Crippen LogP contribution in [-0.2, 0) is 0 Å². The highest BCUT2D eigenvalue weighted by Gasteiger charge is 2.45. The molecule has 0 aromatic rings. The second kappa shape index (κ2) is 6.65. The topological polar surface area (TPSA) is 15.3 Å². The van der Waals surface area contributed by atoms with Crippen molar-refractivity contribution in [3.63, 3.8) is 0 Å². The number of likely N-dealkylation sites (tertiary alicyclic amines) is 1. The molecule has 0 amide bonds. The third-order valence-electron chi connectivity index (χ3n) is 4.72. The van der Waals surface area contributed by atoms with Gasteiger partial charge in [0.05, 0.1) is 5.92 Å². The number of alkyl halides is 3. The largest absolute Gasteiger partial charge is 0.393 e. The van der Waals surface area contributed by atoms with Crippen molar-refractivity contribution in [1.82, 2.24) is 10.2 Å². The highest BCUT2D eigenvalue weighted by atomic mass is 19.4. The Hall–Kier alpha value is -0.290. The number of hydrogen-bond acceptors (Lipinski definition) is 2. The standard InChI is InChI=1S/C15H27F3N2/c1-11(2)8-19-9-12-5-6-14(12)20-7-3-4-13(10-20)15(16,17)18/h11-14,19H,3-10H2,1-2H3. The van der Waals surface area contributed by atoms with Crippen molar-refractivity contribution in [3.05, 3.63) is 0 Å². The summed E-state index contributed by atoms with van der Waals surface area (Å²) in [5, 5.41) is 3.45. The number of hydrogen-bond donors (Lipinski definition) is 1. The van der Waals surface area contributed by atoms with Crippen LogP contribution in [-0.4, -0.2) is 43.3 Å². The van der Waals surface area contributed by atoms with Crippen LogP contribution in [0.2, 0.25) is 0 Å².